The number of carbonyl (C=O) groups is 1. The van der Waals surface area contributed by atoms with E-state index in [1.54, 1.807) is 17.8 Å². The number of hydrogen-bond acceptors (Lipinski definition) is 7. The maximum absolute atomic E-state index is 13.0. The summed E-state index contributed by atoms with van der Waals surface area (Å²) in [4.78, 5) is 15.3. The van der Waals surface area contributed by atoms with Crippen LogP contribution in [0.3, 0.4) is 0 Å². The Kier molecular flexibility index (Phi) is 4.87. The topological polar surface area (TPSA) is 106 Å². The van der Waals surface area contributed by atoms with Crippen LogP contribution in [-0.4, -0.2) is 73.5 Å². The number of hydrogen-bond donors (Lipinski definition) is 0. The van der Waals surface area contributed by atoms with Crippen LogP contribution in [0.15, 0.2) is 23.6 Å². The maximum Gasteiger partial charge on any atom is 0.274 e. The van der Waals surface area contributed by atoms with E-state index in [0.717, 1.165) is 4.88 Å². The van der Waals surface area contributed by atoms with Crippen molar-refractivity contribution < 1.29 is 21.6 Å². The zero-order valence-corrected chi connectivity index (χ0v) is 17.8. The molecule has 2 aliphatic heterocycles. The van der Waals surface area contributed by atoms with Crippen LogP contribution in [0.1, 0.15) is 29.4 Å². The molecule has 0 saturated carbocycles. The van der Waals surface area contributed by atoms with Gasteiger partial charge < -0.3 is 4.90 Å². The van der Waals surface area contributed by atoms with Crippen molar-refractivity contribution in [2.45, 2.75) is 24.9 Å². The Labute approximate surface area is 168 Å². The van der Waals surface area contributed by atoms with Crippen LogP contribution in [0.25, 0.3) is 10.6 Å². The van der Waals surface area contributed by atoms with Crippen molar-refractivity contribution in [3.63, 3.8) is 0 Å². The number of aromatic nitrogens is 2. The molecule has 4 rings (SSSR count). The van der Waals surface area contributed by atoms with Gasteiger partial charge in [-0.05, 0) is 30.4 Å². The number of nitrogens with zero attached hydrogens (tertiary/aromatic N) is 3. The van der Waals surface area contributed by atoms with Gasteiger partial charge in [-0.2, -0.15) is 5.10 Å². The average Bonchev–Trinajstić information content (AvgIpc) is 3.38. The Morgan fingerprint density at radius 1 is 1.18 bits per heavy atom. The predicted octanol–water partition coefficient (Wildman–Crippen LogP) is 1.23. The lowest BCUT2D eigenvalue weighted by atomic mass is 10.2. The summed E-state index contributed by atoms with van der Waals surface area (Å²) in [6.45, 7) is 0. The van der Waals surface area contributed by atoms with Gasteiger partial charge in [0.25, 0.3) is 5.91 Å². The summed E-state index contributed by atoms with van der Waals surface area (Å²) in [5.74, 6) is -0.167. The first kappa shape index (κ1) is 19.6. The Hall–Kier alpha value is -1.72. The summed E-state index contributed by atoms with van der Waals surface area (Å²) in [6, 6.07) is 4.81. The van der Waals surface area contributed by atoms with Gasteiger partial charge in [-0.15, -0.1) is 11.3 Å². The van der Waals surface area contributed by atoms with Gasteiger partial charge in [-0.3, -0.25) is 9.48 Å². The molecule has 0 aliphatic carbocycles. The Morgan fingerprint density at radius 2 is 1.89 bits per heavy atom. The number of thiophene rings is 1. The maximum atomic E-state index is 13.0. The summed E-state index contributed by atoms with van der Waals surface area (Å²) in [5, 5.41) is 6.37. The summed E-state index contributed by atoms with van der Waals surface area (Å²) in [7, 11) is -4.61. The van der Waals surface area contributed by atoms with Crippen molar-refractivity contribution in [1.82, 2.24) is 14.7 Å². The number of amides is 1. The van der Waals surface area contributed by atoms with Crippen molar-refractivity contribution in [2.24, 2.45) is 0 Å². The molecule has 2 atom stereocenters. The molecule has 28 heavy (non-hydrogen) atoms. The van der Waals surface area contributed by atoms with E-state index in [1.807, 2.05) is 17.5 Å². The van der Waals surface area contributed by atoms with Crippen LogP contribution in [0, 0.1) is 0 Å². The minimum absolute atomic E-state index is 0.0113. The molecule has 2 saturated heterocycles. The Balaban J connectivity index is 1.66. The zero-order chi connectivity index (χ0) is 20.1. The fourth-order valence-corrected chi connectivity index (χ4v) is 7.98. The van der Waals surface area contributed by atoms with Gasteiger partial charge >= 0.3 is 0 Å². The number of sulfone groups is 2. The molecule has 2 aliphatic rings. The van der Waals surface area contributed by atoms with Crippen molar-refractivity contribution >= 4 is 36.9 Å². The van der Waals surface area contributed by atoms with E-state index in [2.05, 4.69) is 5.10 Å². The quantitative estimate of drug-likeness (QED) is 0.704. The molecule has 152 valence electrons. The van der Waals surface area contributed by atoms with E-state index in [4.69, 9.17) is 0 Å². The normalized spacial score (nSPS) is 25.8. The predicted molar refractivity (Wildman–Crippen MR) is 107 cm³/mol. The highest BCUT2D eigenvalue weighted by atomic mass is 32.2. The summed E-state index contributed by atoms with van der Waals surface area (Å²) >= 11 is 1.49. The molecule has 2 fully saturated rings. The summed E-state index contributed by atoms with van der Waals surface area (Å²) in [6.07, 6.45) is 0.886. The van der Waals surface area contributed by atoms with E-state index in [0.29, 0.717) is 18.5 Å². The second-order valence-electron chi connectivity index (χ2n) is 7.37. The molecular weight excluding hydrogens is 422 g/mol. The van der Waals surface area contributed by atoms with Gasteiger partial charge in [0.1, 0.15) is 0 Å². The SMILES string of the molecule is CN(C(=O)c1cc(-c2cccs2)n(C2CCS(=O)(=O)C2)n1)C1CCS(=O)(=O)C1. The van der Waals surface area contributed by atoms with Gasteiger partial charge in [-0.1, -0.05) is 6.07 Å². The van der Waals surface area contributed by atoms with Gasteiger partial charge in [0, 0.05) is 13.1 Å². The lowest BCUT2D eigenvalue weighted by Crippen LogP contribution is -2.38. The Bertz CT molecular complexity index is 1100. The molecule has 1 amide bonds. The highest BCUT2D eigenvalue weighted by molar-refractivity contribution is 7.91. The van der Waals surface area contributed by atoms with Gasteiger partial charge in [0.05, 0.1) is 39.6 Å². The van der Waals surface area contributed by atoms with Crippen LogP contribution in [0.2, 0.25) is 0 Å². The van der Waals surface area contributed by atoms with E-state index >= 15 is 0 Å². The third kappa shape index (κ3) is 3.74. The fourth-order valence-electron chi connectivity index (χ4n) is 3.78. The molecule has 2 aromatic rings. The minimum Gasteiger partial charge on any atom is -0.336 e. The van der Waals surface area contributed by atoms with Crippen LogP contribution < -0.4 is 0 Å². The second kappa shape index (κ2) is 6.96. The van der Waals surface area contributed by atoms with Gasteiger partial charge in [-0.25, -0.2) is 16.8 Å². The van der Waals surface area contributed by atoms with E-state index in [1.165, 1.54) is 16.2 Å². The largest absolute Gasteiger partial charge is 0.336 e. The molecule has 11 heteroatoms. The smallest absolute Gasteiger partial charge is 0.274 e. The molecule has 0 aromatic carbocycles. The molecular formula is C17H21N3O5S3. The highest BCUT2D eigenvalue weighted by Gasteiger charge is 2.36. The van der Waals surface area contributed by atoms with Crippen LogP contribution in [0.4, 0.5) is 0 Å². The zero-order valence-electron chi connectivity index (χ0n) is 15.3. The molecule has 0 N–H and O–H groups in total. The van der Waals surface area contributed by atoms with Crippen molar-refractivity contribution in [3.05, 3.63) is 29.3 Å². The first-order chi connectivity index (χ1) is 13.2. The fraction of sp³-hybridized carbons (Fsp3) is 0.529. The third-order valence-corrected chi connectivity index (χ3v) is 9.75. The first-order valence-corrected chi connectivity index (χ1v) is 13.5. The lowest BCUT2D eigenvalue weighted by molar-refractivity contribution is 0.0740. The standard InChI is InChI=1S/C17H21N3O5S3/c1-19(12-4-7-27(22,23)10-12)17(21)14-9-15(16-3-2-6-26-16)20(18-14)13-5-8-28(24,25)11-13/h2-3,6,9,12-13H,4-5,7-8,10-11H2,1H3. The van der Waals surface area contributed by atoms with Crippen LogP contribution in [-0.2, 0) is 19.7 Å². The lowest BCUT2D eigenvalue weighted by Gasteiger charge is -2.22. The van der Waals surface area contributed by atoms with Crippen molar-refractivity contribution in [1.29, 1.82) is 0 Å². The molecule has 4 heterocycles. The number of rotatable bonds is 4. The van der Waals surface area contributed by atoms with Crippen LogP contribution in [0.5, 0.6) is 0 Å². The van der Waals surface area contributed by atoms with E-state index in [-0.39, 0.29) is 46.7 Å². The number of carbonyl (C=O) groups excluding carboxylic acids is 1. The molecule has 2 aromatic heterocycles. The summed E-state index contributed by atoms with van der Waals surface area (Å²) in [5.41, 5.74) is 0.924. The first-order valence-electron chi connectivity index (χ1n) is 8.97. The third-order valence-electron chi connectivity index (χ3n) is 5.36. The summed E-state index contributed by atoms with van der Waals surface area (Å²) < 4.78 is 49.0. The minimum atomic E-state index is -3.11. The Morgan fingerprint density at radius 3 is 2.46 bits per heavy atom. The van der Waals surface area contributed by atoms with Crippen molar-refractivity contribution in [3.8, 4) is 10.6 Å². The molecule has 0 spiro atoms. The van der Waals surface area contributed by atoms with E-state index in [9.17, 15) is 21.6 Å². The molecule has 2 unspecified atom stereocenters. The van der Waals surface area contributed by atoms with Gasteiger partial charge in [0.15, 0.2) is 25.4 Å². The average molecular weight is 444 g/mol. The molecule has 0 radical (unpaired) electrons. The highest BCUT2D eigenvalue weighted by Crippen LogP contribution is 2.32. The van der Waals surface area contributed by atoms with E-state index < -0.39 is 19.7 Å². The van der Waals surface area contributed by atoms with Crippen LogP contribution >= 0.6 is 11.3 Å². The monoisotopic (exact) mass is 443 g/mol. The second-order valence-corrected chi connectivity index (χ2v) is 12.8. The molecule has 8 nitrogen and oxygen atoms in total. The van der Waals surface area contributed by atoms with Crippen molar-refractivity contribution in [2.75, 3.05) is 30.1 Å². The van der Waals surface area contributed by atoms with Gasteiger partial charge in [0.2, 0.25) is 0 Å². The molecule has 0 bridgehead atoms.